The summed E-state index contributed by atoms with van der Waals surface area (Å²) < 4.78 is 29.5. The summed E-state index contributed by atoms with van der Waals surface area (Å²) in [7, 11) is 0. The highest BCUT2D eigenvalue weighted by Crippen LogP contribution is 2.29. The first kappa shape index (κ1) is 19.1. The van der Waals surface area contributed by atoms with Crippen LogP contribution in [0.1, 0.15) is 21.8 Å². The number of ether oxygens (including phenoxy) is 1. The molecule has 0 aromatic heterocycles. The van der Waals surface area contributed by atoms with E-state index in [0.29, 0.717) is 13.1 Å². The Labute approximate surface area is 151 Å². The molecule has 0 radical (unpaired) electrons. The fraction of sp³-hybridized carbons (Fsp3) is 0.278. The first-order valence-electron chi connectivity index (χ1n) is 7.70. The Morgan fingerprint density at radius 3 is 2.40 bits per heavy atom. The lowest BCUT2D eigenvalue weighted by Crippen LogP contribution is -2.32. The summed E-state index contributed by atoms with van der Waals surface area (Å²) in [5.74, 6) is -0.437. The summed E-state index contributed by atoms with van der Waals surface area (Å²) >= 11 is 0. The summed E-state index contributed by atoms with van der Waals surface area (Å²) in [6, 6.07) is 15.6. The highest BCUT2D eigenvalue weighted by atomic mass is 35.5. The minimum atomic E-state index is -2.98. The molecule has 1 saturated heterocycles. The zero-order valence-electron chi connectivity index (χ0n) is 13.3. The van der Waals surface area contributed by atoms with Gasteiger partial charge in [-0.1, -0.05) is 42.5 Å². The Morgan fingerprint density at radius 1 is 1.08 bits per heavy atom. The van der Waals surface area contributed by atoms with E-state index in [2.05, 4.69) is 4.74 Å². The fourth-order valence-electron chi connectivity index (χ4n) is 3.06. The molecule has 0 unspecified atom stereocenters. The van der Waals surface area contributed by atoms with E-state index in [1.54, 1.807) is 17.0 Å². The zero-order valence-corrected chi connectivity index (χ0v) is 14.2. The van der Waals surface area contributed by atoms with Crippen molar-refractivity contribution in [3.63, 3.8) is 0 Å². The second-order valence-corrected chi connectivity index (χ2v) is 5.77. The van der Waals surface area contributed by atoms with Crippen LogP contribution in [0.5, 0.6) is 5.75 Å². The van der Waals surface area contributed by atoms with Crippen molar-refractivity contribution in [2.75, 3.05) is 13.1 Å². The molecule has 2 aromatic rings. The van der Waals surface area contributed by atoms with Gasteiger partial charge in [0.2, 0.25) is 0 Å². The second-order valence-electron chi connectivity index (χ2n) is 5.77. The third-order valence-electron chi connectivity index (χ3n) is 4.21. The SMILES string of the molecule is Cl.N[C@@H]1CN(C(=O)c2ccccc2OC(F)F)C[C@H]1c1ccccc1. The van der Waals surface area contributed by atoms with Gasteiger partial charge in [-0.2, -0.15) is 8.78 Å². The third-order valence-corrected chi connectivity index (χ3v) is 4.21. The van der Waals surface area contributed by atoms with Crippen LogP contribution in [0, 0.1) is 0 Å². The molecule has 0 aliphatic carbocycles. The quantitative estimate of drug-likeness (QED) is 0.901. The van der Waals surface area contributed by atoms with Gasteiger partial charge in [0.1, 0.15) is 5.75 Å². The van der Waals surface area contributed by atoms with Gasteiger partial charge in [-0.25, -0.2) is 0 Å². The van der Waals surface area contributed by atoms with Crippen molar-refractivity contribution in [1.29, 1.82) is 0 Å². The molecule has 25 heavy (non-hydrogen) atoms. The number of carbonyl (C=O) groups excluding carboxylic acids is 1. The monoisotopic (exact) mass is 368 g/mol. The number of benzene rings is 2. The van der Waals surface area contributed by atoms with Gasteiger partial charge in [0, 0.05) is 25.0 Å². The van der Waals surface area contributed by atoms with E-state index in [1.165, 1.54) is 12.1 Å². The molecule has 7 heteroatoms. The zero-order chi connectivity index (χ0) is 17.1. The maximum Gasteiger partial charge on any atom is 0.387 e. The second kappa shape index (κ2) is 8.27. The first-order valence-corrected chi connectivity index (χ1v) is 7.70. The van der Waals surface area contributed by atoms with Crippen LogP contribution in [0.15, 0.2) is 54.6 Å². The Balaban J connectivity index is 0.00000225. The normalized spacial score (nSPS) is 19.6. The van der Waals surface area contributed by atoms with Gasteiger partial charge in [-0.15, -0.1) is 12.4 Å². The van der Waals surface area contributed by atoms with E-state index in [9.17, 15) is 13.6 Å². The lowest BCUT2D eigenvalue weighted by molar-refractivity contribution is -0.0502. The molecule has 0 bridgehead atoms. The molecule has 134 valence electrons. The van der Waals surface area contributed by atoms with Crippen LogP contribution in [0.25, 0.3) is 0 Å². The molecule has 1 amide bonds. The topological polar surface area (TPSA) is 55.6 Å². The average molecular weight is 369 g/mol. The van der Waals surface area contributed by atoms with E-state index in [1.807, 2.05) is 30.3 Å². The number of rotatable bonds is 4. The largest absolute Gasteiger partial charge is 0.434 e. The van der Waals surface area contributed by atoms with Crippen LogP contribution in [-0.4, -0.2) is 36.5 Å². The third kappa shape index (κ3) is 4.27. The Morgan fingerprint density at radius 2 is 1.72 bits per heavy atom. The van der Waals surface area contributed by atoms with Crippen molar-refractivity contribution in [1.82, 2.24) is 4.90 Å². The number of nitrogens with two attached hydrogens (primary N) is 1. The van der Waals surface area contributed by atoms with Gasteiger partial charge >= 0.3 is 6.61 Å². The van der Waals surface area contributed by atoms with E-state index in [4.69, 9.17) is 5.73 Å². The highest BCUT2D eigenvalue weighted by molar-refractivity contribution is 5.97. The lowest BCUT2D eigenvalue weighted by Gasteiger charge is -2.18. The average Bonchev–Trinajstić information content (AvgIpc) is 2.97. The van der Waals surface area contributed by atoms with Crippen molar-refractivity contribution in [2.45, 2.75) is 18.6 Å². The lowest BCUT2D eigenvalue weighted by atomic mass is 9.95. The van der Waals surface area contributed by atoms with E-state index < -0.39 is 6.61 Å². The Hall–Kier alpha value is -2.18. The Bertz CT molecular complexity index is 715. The summed E-state index contributed by atoms with van der Waals surface area (Å²) in [6.07, 6.45) is 0. The number of amides is 1. The number of hydrogen-bond donors (Lipinski definition) is 1. The standard InChI is InChI=1S/C18H18F2N2O2.ClH/c19-18(20)24-16-9-5-4-8-13(16)17(23)22-10-14(15(21)11-22)12-6-2-1-3-7-12;/h1-9,14-15,18H,10-11,21H2;1H/t14-,15+;/m0./s1. The number of para-hydroxylation sites is 1. The highest BCUT2D eigenvalue weighted by Gasteiger charge is 2.35. The molecule has 2 N–H and O–H groups in total. The molecular weight excluding hydrogens is 350 g/mol. The van der Waals surface area contributed by atoms with Crippen LogP contribution in [0.3, 0.4) is 0 Å². The number of carbonyl (C=O) groups is 1. The van der Waals surface area contributed by atoms with Crippen molar-refractivity contribution < 1.29 is 18.3 Å². The molecule has 1 fully saturated rings. The molecular formula is C18H19ClF2N2O2. The molecule has 2 aromatic carbocycles. The predicted molar refractivity (Wildman–Crippen MR) is 93.4 cm³/mol. The summed E-state index contributed by atoms with van der Waals surface area (Å²) in [4.78, 5) is 14.3. The van der Waals surface area contributed by atoms with Gasteiger partial charge in [-0.05, 0) is 17.7 Å². The summed E-state index contributed by atoms with van der Waals surface area (Å²) in [5, 5.41) is 0. The molecule has 2 atom stereocenters. The number of alkyl halides is 2. The van der Waals surface area contributed by atoms with Crippen LogP contribution in [0.4, 0.5) is 8.78 Å². The van der Waals surface area contributed by atoms with Gasteiger partial charge < -0.3 is 15.4 Å². The summed E-state index contributed by atoms with van der Waals surface area (Å²) in [6.45, 7) is -2.15. The van der Waals surface area contributed by atoms with Gasteiger partial charge in [0.25, 0.3) is 5.91 Å². The fourth-order valence-corrected chi connectivity index (χ4v) is 3.06. The molecule has 1 aliphatic heterocycles. The van der Waals surface area contributed by atoms with Gasteiger partial charge in [0.05, 0.1) is 5.56 Å². The predicted octanol–water partition coefficient (Wildman–Crippen LogP) is 3.28. The number of likely N-dealkylation sites (tertiary alicyclic amines) is 1. The van der Waals surface area contributed by atoms with E-state index in [-0.39, 0.29) is 41.6 Å². The number of nitrogens with zero attached hydrogens (tertiary/aromatic N) is 1. The van der Waals surface area contributed by atoms with Crippen LogP contribution in [0.2, 0.25) is 0 Å². The van der Waals surface area contributed by atoms with Crippen LogP contribution in [-0.2, 0) is 0 Å². The van der Waals surface area contributed by atoms with Crippen LogP contribution < -0.4 is 10.5 Å². The van der Waals surface area contributed by atoms with Crippen molar-refractivity contribution in [3.8, 4) is 5.75 Å². The van der Waals surface area contributed by atoms with Crippen molar-refractivity contribution >= 4 is 18.3 Å². The maximum absolute atomic E-state index is 12.7. The smallest absolute Gasteiger partial charge is 0.387 e. The van der Waals surface area contributed by atoms with Crippen molar-refractivity contribution in [2.24, 2.45) is 5.73 Å². The minimum Gasteiger partial charge on any atom is -0.434 e. The van der Waals surface area contributed by atoms with Crippen molar-refractivity contribution in [3.05, 3.63) is 65.7 Å². The first-order chi connectivity index (χ1) is 11.6. The number of hydrogen-bond acceptors (Lipinski definition) is 3. The molecule has 1 heterocycles. The van der Waals surface area contributed by atoms with Crippen LogP contribution >= 0.6 is 12.4 Å². The minimum absolute atomic E-state index is 0. The molecule has 0 spiro atoms. The molecule has 3 rings (SSSR count). The van der Waals surface area contributed by atoms with E-state index >= 15 is 0 Å². The number of halogens is 3. The molecule has 4 nitrogen and oxygen atoms in total. The van der Waals surface area contributed by atoms with Gasteiger partial charge in [-0.3, -0.25) is 4.79 Å². The van der Waals surface area contributed by atoms with Gasteiger partial charge in [0.15, 0.2) is 0 Å². The molecule has 0 saturated carbocycles. The molecule has 1 aliphatic rings. The van der Waals surface area contributed by atoms with E-state index in [0.717, 1.165) is 5.56 Å². The summed E-state index contributed by atoms with van der Waals surface area (Å²) in [5.41, 5.74) is 7.38. The maximum atomic E-state index is 12.7. The Kier molecular flexibility index (Phi) is 6.33.